The average Bonchev–Trinajstić information content (AvgIpc) is 2.63. The van der Waals surface area contributed by atoms with Crippen LogP contribution in [0.3, 0.4) is 0 Å². The van der Waals surface area contributed by atoms with Gasteiger partial charge in [-0.15, -0.1) is 0 Å². The molecule has 2 nitrogen and oxygen atoms in total. The van der Waals surface area contributed by atoms with E-state index in [9.17, 15) is 4.79 Å². The summed E-state index contributed by atoms with van der Waals surface area (Å²) in [5.41, 5.74) is 3.88. The Bertz CT molecular complexity index is 828. The van der Waals surface area contributed by atoms with E-state index in [0.29, 0.717) is 10.6 Å². The summed E-state index contributed by atoms with van der Waals surface area (Å²) in [5, 5.41) is 3.45. The third-order valence-corrected chi connectivity index (χ3v) is 4.31. The smallest absolute Gasteiger partial charge is 0.253 e. The fourth-order valence-electron chi connectivity index (χ4n) is 2.60. The summed E-state index contributed by atoms with van der Waals surface area (Å²) >= 11 is 6.08. The molecule has 0 saturated carbocycles. The van der Waals surface area contributed by atoms with Crippen molar-refractivity contribution >= 4 is 17.5 Å². The van der Waals surface area contributed by atoms with Crippen LogP contribution in [0.1, 0.15) is 28.9 Å². The summed E-state index contributed by atoms with van der Waals surface area (Å²) < 4.78 is 0. The minimum Gasteiger partial charge on any atom is -0.345 e. The topological polar surface area (TPSA) is 29.1 Å². The fraction of sp³-hybridized carbons (Fsp3) is 0.0952. The van der Waals surface area contributed by atoms with Crippen LogP contribution < -0.4 is 5.32 Å². The summed E-state index contributed by atoms with van der Waals surface area (Å²) in [4.78, 5) is 12.3. The van der Waals surface area contributed by atoms with Crippen molar-refractivity contribution in [3.63, 3.8) is 0 Å². The van der Waals surface area contributed by atoms with Crippen LogP contribution in [0.25, 0.3) is 11.1 Å². The second-order valence-corrected chi connectivity index (χ2v) is 6.07. The lowest BCUT2D eigenvalue weighted by Crippen LogP contribution is -2.26. The molecule has 120 valence electrons. The van der Waals surface area contributed by atoms with Crippen molar-refractivity contribution in [3.8, 4) is 11.1 Å². The van der Waals surface area contributed by atoms with Crippen LogP contribution >= 0.6 is 11.6 Å². The van der Waals surface area contributed by atoms with E-state index in [0.717, 1.165) is 11.1 Å². The maximum absolute atomic E-state index is 12.3. The highest BCUT2D eigenvalue weighted by Gasteiger charge is 2.13. The minimum atomic E-state index is -0.166. The Labute approximate surface area is 147 Å². The Hall–Kier alpha value is -2.58. The molecule has 0 aliphatic heterocycles. The van der Waals surface area contributed by atoms with Crippen LogP contribution in [-0.2, 0) is 0 Å². The largest absolute Gasteiger partial charge is 0.345 e. The summed E-state index contributed by atoms with van der Waals surface area (Å²) in [6.45, 7) is 1.96. The van der Waals surface area contributed by atoms with Crippen LogP contribution in [-0.4, -0.2) is 5.91 Å². The van der Waals surface area contributed by atoms with Crippen molar-refractivity contribution < 1.29 is 4.79 Å². The Morgan fingerprint density at radius 1 is 0.833 bits per heavy atom. The first kappa shape index (κ1) is 16.3. The molecule has 0 heterocycles. The third-order valence-electron chi connectivity index (χ3n) is 3.98. The van der Waals surface area contributed by atoms with Gasteiger partial charge >= 0.3 is 0 Å². The van der Waals surface area contributed by atoms with Crippen molar-refractivity contribution in [2.75, 3.05) is 0 Å². The lowest BCUT2D eigenvalue weighted by Gasteiger charge is -2.15. The van der Waals surface area contributed by atoms with Crippen molar-refractivity contribution in [1.82, 2.24) is 5.32 Å². The molecule has 0 aliphatic rings. The molecule has 3 heteroatoms. The quantitative estimate of drug-likeness (QED) is 0.670. The van der Waals surface area contributed by atoms with E-state index in [1.165, 1.54) is 5.56 Å². The summed E-state index contributed by atoms with van der Waals surface area (Å²) in [6, 6.07) is 25.4. The van der Waals surface area contributed by atoms with Gasteiger partial charge in [0.15, 0.2) is 0 Å². The zero-order chi connectivity index (χ0) is 16.9. The molecule has 1 N–H and O–H groups in total. The lowest BCUT2D eigenvalue weighted by atomic mass is 10.0. The van der Waals surface area contributed by atoms with E-state index >= 15 is 0 Å². The SMILES string of the molecule is C[C@H](NC(=O)c1ccccc1Cl)c1ccc(-c2ccccc2)cc1. The number of hydrogen-bond acceptors (Lipinski definition) is 1. The molecule has 0 aliphatic carbocycles. The van der Waals surface area contributed by atoms with Crippen molar-refractivity contribution in [3.05, 3.63) is 95.0 Å². The first-order valence-electron chi connectivity index (χ1n) is 7.86. The first-order chi connectivity index (χ1) is 11.6. The molecular formula is C21H18ClNO. The van der Waals surface area contributed by atoms with E-state index in [1.807, 2.05) is 43.3 Å². The van der Waals surface area contributed by atoms with Crippen LogP contribution in [0.15, 0.2) is 78.9 Å². The number of nitrogens with one attached hydrogen (secondary N) is 1. The van der Waals surface area contributed by atoms with E-state index in [2.05, 4.69) is 29.6 Å². The molecule has 0 unspecified atom stereocenters. The van der Waals surface area contributed by atoms with E-state index in [4.69, 9.17) is 11.6 Å². The normalized spacial score (nSPS) is 11.8. The van der Waals surface area contributed by atoms with Gasteiger partial charge in [-0.25, -0.2) is 0 Å². The van der Waals surface area contributed by atoms with Crippen LogP contribution in [0.5, 0.6) is 0 Å². The number of amides is 1. The van der Waals surface area contributed by atoms with Gasteiger partial charge in [0.25, 0.3) is 5.91 Å². The van der Waals surface area contributed by atoms with Gasteiger partial charge in [-0.1, -0.05) is 78.3 Å². The van der Waals surface area contributed by atoms with Crippen LogP contribution in [0, 0.1) is 0 Å². The molecule has 3 aromatic carbocycles. The monoisotopic (exact) mass is 335 g/mol. The zero-order valence-corrected chi connectivity index (χ0v) is 14.1. The Morgan fingerprint density at radius 2 is 1.42 bits per heavy atom. The summed E-state index contributed by atoms with van der Waals surface area (Å²) in [5.74, 6) is -0.166. The molecule has 0 bridgehead atoms. The van der Waals surface area contributed by atoms with Gasteiger partial charge in [0.1, 0.15) is 0 Å². The lowest BCUT2D eigenvalue weighted by molar-refractivity contribution is 0.0940. The predicted molar refractivity (Wildman–Crippen MR) is 99.2 cm³/mol. The highest BCUT2D eigenvalue weighted by molar-refractivity contribution is 6.33. The number of carbonyl (C=O) groups excluding carboxylic acids is 1. The van der Waals surface area contributed by atoms with Crippen LogP contribution in [0.2, 0.25) is 5.02 Å². The van der Waals surface area contributed by atoms with Gasteiger partial charge in [-0.3, -0.25) is 4.79 Å². The van der Waals surface area contributed by atoms with E-state index in [-0.39, 0.29) is 11.9 Å². The van der Waals surface area contributed by atoms with Gasteiger partial charge in [0.2, 0.25) is 0 Å². The highest BCUT2D eigenvalue weighted by atomic mass is 35.5. The van der Waals surface area contributed by atoms with Crippen molar-refractivity contribution in [2.45, 2.75) is 13.0 Å². The number of hydrogen-bond donors (Lipinski definition) is 1. The molecule has 0 spiro atoms. The van der Waals surface area contributed by atoms with Crippen LogP contribution in [0.4, 0.5) is 0 Å². The third kappa shape index (κ3) is 3.66. The fourth-order valence-corrected chi connectivity index (χ4v) is 2.82. The second kappa shape index (κ2) is 7.33. The van der Waals surface area contributed by atoms with Crippen molar-refractivity contribution in [1.29, 1.82) is 0 Å². The standard InChI is InChI=1S/C21H18ClNO/c1-15(23-21(24)19-9-5-6-10-20(19)22)16-11-13-18(14-12-16)17-7-3-2-4-8-17/h2-15H,1H3,(H,23,24)/t15-/m0/s1. The molecule has 1 atom stereocenters. The summed E-state index contributed by atoms with van der Waals surface area (Å²) in [6.07, 6.45) is 0. The Kier molecular flexibility index (Phi) is 4.97. The molecule has 0 saturated heterocycles. The average molecular weight is 336 g/mol. The number of benzene rings is 3. The van der Waals surface area contributed by atoms with Gasteiger partial charge in [-0.05, 0) is 35.7 Å². The van der Waals surface area contributed by atoms with Gasteiger partial charge in [-0.2, -0.15) is 0 Å². The zero-order valence-electron chi connectivity index (χ0n) is 13.4. The molecule has 3 aromatic rings. The number of rotatable bonds is 4. The Morgan fingerprint density at radius 3 is 2.08 bits per heavy atom. The summed E-state index contributed by atoms with van der Waals surface area (Å²) in [7, 11) is 0. The van der Waals surface area contributed by atoms with Gasteiger partial charge < -0.3 is 5.32 Å². The van der Waals surface area contributed by atoms with E-state index < -0.39 is 0 Å². The van der Waals surface area contributed by atoms with Gasteiger partial charge in [0, 0.05) is 0 Å². The molecular weight excluding hydrogens is 318 g/mol. The first-order valence-corrected chi connectivity index (χ1v) is 8.24. The minimum absolute atomic E-state index is 0.0985. The van der Waals surface area contributed by atoms with E-state index in [1.54, 1.807) is 18.2 Å². The molecule has 1 amide bonds. The number of halogens is 1. The molecule has 0 radical (unpaired) electrons. The molecule has 24 heavy (non-hydrogen) atoms. The maximum Gasteiger partial charge on any atom is 0.253 e. The maximum atomic E-state index is 12.3. The van der Waals surface area contributed by atoms with Crippen molar-refractivity contribution in [2.24, 2.45) is 0 Å². The second-order valence-electron chi connectivity index (χ2n) is 5.66. The number of carbonyl (C=O) groups is 1. The predicted octanol–water partition coefficient (Wildman–Crippen LogP) is 5.50. The molecule has 3 rings (SSSR count). The molecule has 0 aromatic heterocycles. The van der Waals surface area contributed by atoms with Gasteiger partial charge in [0.05, 0.1) is 16.6 Å². The highest BCUT2D eigenvalue weighted by Crippen LogP contribution is 2.22. The molecule has 0 fully saturated rings. The Balaban J connectivity index is 1.73.